The summed E-state index contributed by atoms with van der Waals surface area (Å²) >= 11 is 2.93. The summed E-state index contributed by atoms with van der Waals surface area (Å²) in [5.74, 6) is -0.123. The normalized spacial score (nSPS) is 14.5. The first-order chi connectivity index (χ1) is 15.9. The molecule has 0 fully saturated rings. The number of nitrogens with zero attached hydrogens (tertiary/aromatic N) is 2. The number of thiophene rings is 1. The summed E-state index contributed by atoms with van der Waals surface area (Å²) in [6, 6.07) is 6.89. The number of rotatable bonds is 7. The topological polar surface area (TPSA) is 81.1 Å². The van der Waals surface area contributed by atoms with Crippen LogP contribution < -0.4 is 10.9 Å². The Kier molecular flexibility index (Phi) is 7.34. The largest absolute Gasteiger partial charge is 0.325 e. The van der Waals surface area contributed by atoms with E-state index < -0.39 is 0 Å². The molecule has 8 heteroatoms. The van der Waals surface area contributed by atoms with E-state index in [2.05, 4.69) is 12.2 Å². The van der Waals surface area contributed by atoms with Gasteiger partial charge in [-0.15, -0.1) is 11.3 Å². The van der Waals surface area contributed by atoms with Crippen LogP contribution in [0, 0.1) is 0 Å². The summed E-state index contributed by atoms with van der Waals surface area (Å²) in [5, 5.41) is 4.22. The van der Waals surface area contributed by atoms with Crippen molar-refractivity contribution in [3.8, 4) is 0 Å². The van der Waals surface area contributed by atoms with Gasteiger partial charge in [0.05, 0.1) is 11.1 Å². The van der Waals surface area contributed by atoms with E-state index in [1.807, 2.05) is 6.92 Å². The molecule has 0 radical (unpaired) electrons. The molecule has 0 saturated heterocycles. The molecule has 0 spiro atoms. The van der Waals surface area contributed by atoms with Gasteiger partial charge in [-0.05, 0) is 63.6 Å². The van der Waals surface area contributed by atoms with E-state index in [4.69, 9.17) is 4.98 Å². The number of carbonyl (C=O) groups is 2. The number of anilines is 1. The van der Waals surface area contributed by atoms with E-state index in [1.165, 1.54) is 35.5 Å². The lowest BCUT2D eigenvalue weighted by Crippen LogP contribution is -2.27. The highest BCUT2D eigenvalue weighted by Crippen LogP contribution is 2.34. The lowest BCUT2D eigenvalue weighted by atomic mass is 10.1. The van der Waals surface area contributed by atoms with Crippen LogP contribution in [-0.2, 0) is 17.6 Å². The Labute approximate surface area is 201 Å². The number of Topliss-reactive ketones (excluding diaryl/α,β-unsaturated/α-hetero) is 1. The van der Waals surface area contributed by atoms with E-state index in [-0.39, 0.29) is 29.0 Å². The van der Waals surface area contributed by atoms with Crippen LogP contribution in [0.1, 0.15) is 73.3 Å². The number of benzene rings is 1. The Bertz CT molecular complexity index is 1260. The fourth-order valence-electron chi connectivity index (χ4n) is 4.19. The second-order valence-corrected chi connectivity index (χ2v) is 10.6. The number of hydrogen-bond donors (Lipinski definition) is 1. The highest BCUT2D eigenvalue weighted by atomic mass is 32.2. The van der Waals surface area contributed by atoms with Crippen LogP contribution in [0.25, 0.3) is 10.2 Å². The van der Waals surface area contributed by atoms with E-state index in [0.717, 1.165) is 42.3 Å². The van der Waals surface area contributed by atoms with E-state index >= 15 is 0 Å². The van der Waals surface area contributed by atoms with Crippen molar-refractivity contribution in [2.24, 2.45) is 0 Å². The predicted octanol–water partition coefficient (Wildman–Crippen LogP) is 5.63. The summed E-state index contributed by atoms with van der Waals surface area (Å²) in [6.07, 6.45) is 6.24. The number of ketones is 1. The molecule has 1 aliphatic carbocycles. The lowest BCUT2D eigenvalue weighted by Gasteiger charge is -2.17. The SMILES string of the molecule is CC[C@@H](C)n1c(SCC(=O)Nc2cccc(C(C)=O)c2)nc2sc3c(c2c1=O)CCCCC3. The number of fused-ring (bicyclic) bond motifs is 3. The maximum atomic E-state index is 13.6. The molecule has 1 aliphatic rings. The quantitative estimate of drug-likeness (QED) is 0.204. The molecular weight excluding hydrogens is 454 g/mol. The second-order valence-electron chi connectivity index (χ2n) is 8.55. The molecular formula is C25H29N3O3S2. The van der Waals surface area contributed by atoms with Crippen molar-refractivity contribution in [2.45, 2.75) is 70.5 Å². The summed E-state index contributed by atoms with van der Waals surface area (Å²) in [7, 11) is 0. The second kappa shape index (κ2) is 10.2. The number of thioether (sulfide) groups is 1. The highest BCUT2D eigenvalue weighted by molar-refractivity contribution is 7.99. The third-order valence-electron chi connectivity index (χ3n) is 6.16. The summed E-state index contributed by atoms with van der Waals surface area (Å²) in [4.78, 5) is 44.8. The molecule has 1 N–H and O–H groups in total. The van der Waals surface area contributed by atoms with Gasteiger partial charge < -0.3 is 5.32 Å². The van der Waals surface area contributed by atoms with Crippen molar-refractivity contribution in [3.05, 3.63) is 50.6 Å². The van der Waals surface area contributed by atoms with Crippen LogP contribution in [0.15, 0.2) is 34.2 Å². The van der Waals surface area contributed by atoms with Gasteiger partial charge in [-0.25, -0.2) is 4.98 Å². The van der Waals surface area contributed by atoms with Crippen LogP contribution in [-0.4, -0.2) is 27.0 Å². The van der Waals surface area contributed by atoms with Crippen LogP contribution in [0.4, 0.5) is 5.69 Å². The molecule has 0 unspecified atom stereocenters. The molecule has 174 valence electrons. The molecule has 6 nitrogen and oxygen atoms in total. The molecule has 3 aromatic rings. The van der Waals surface area contributed by atoms with Crippen molar-refractivity contribution in [1.29, 1.82) is 0 Å². The average Bonchev–Trinajstić information content (AvgIpc) is 2.98. The molecule has 33 heavy (non-hydrogen) atoms. The number of amides is 1. The van der Waals surface area contributed by atoms with Crippen LogP contribution >= 0.6 is 23.1 Å². The Hall–Kier alpha value is -2.45. The monoisotopic (exact) mass is 483 g/mol. The number of aromatic nitrogens is 2. The number of carbonyl (C=O) groups excluding carboxylic acids is 2. The van der Waals surface area contributed by atoms with Crippen molar-refractivity contribution < 1.29 is 9.59 Å². The van der Waals surface area contributed by atoms with Crippen LogP contribution in [0.5, 0.6) is 0 Å². The zero-order chi connectivity index (χ0) is 23.5. The zero-order valence-electron chi connectivity index (χ0n) is 19.3. The van der Waals surface area contributed by atoms with Gasteiger partial charge in [0.25, 0.3) is 5.56 Å². The first kappa shape index (κ1) is 23.7. The maximum Gasteiger partial charge on any atom is 0.263 e. The molecule has 1 atom stereocenters. The Morgan fingerprint density at radius 3 is 2.79 bits per heavy atom. The smallest absolute Gasteiger partial charge is 0.263 e. The van der Waals surface area contributed by atoms with E-state index in [1.54, 1.807) is 40.2 Å². The standard InChI is InChI=1S/C25H29N3O3S2/c1-4-15(2)28-24(31)22-19-11-6-5-7-12-20(19)33-23(22)27-25(28)32-14-21(30)26-18-10-8-9-17(13-18)16(3)29/h8-10,13,15H,4-7,11-12,14H2,1-3H3,(H,26,30)/t15-/m1/s1. The van der Waals surface area contributed by atoms with Crippen molar-refractivity contribution in [3.63, 3.8) is 0 Å². The van der Waals surface area contributed by atoms with Crippen molar-refractivity contribution in [1.82, 2.24) is 9.55 Å². The Morgan fingerprint density at radius 2 is 2.03 bits per heavy atom. The van der Waals surface area contributed by atoms with E-state index in [9.17, 15) is 14.4 Å². The highest BCUT2D eigenvalue weighted by Gasteiger charge is 2.23. The minimum Gasteiger partial charge on any atom is -0.325 e. The fraction of sp³-hybridized carbons (Fsp3) is 0.440. The first-order valence-electron chi connectivity index (χ1n) is 11.5. The summed E-state index contributed by atoms with van der Waals surface area (Å²) in [5.41, 5.74) is 2.35. The number of nitrogens with one attached hydrogen (secondary N) is 1. The minimum absolute atomic E-state index is 0.00598. The number of aryl methyl sites for hydroxylation is 2. The van der Waals surface area contributed by atoms with Gasteiger partial charge in [-0.2, -0.15) is 0 Å². The maximum absolute atomic E-state index is 13.6. The molecule has 2 aromatic heterocycles. The van der Waals surface area contributed by atoms with Gasteiger partial charge in [0, 0.05) is 22.2 Å². The molecule has 0 bridgehead atoms. The van der Waals surface area contributed by atoms with Gasteiger partial charge in [0.2, 0.25) is 5.91 Å². The summed E-state index contributed by atoms with van der Waals surface area (Å²) in [6.45, 7) is 5.58. The third-order valence-corrected chi connectivity index (χ3v) is 8.29. The Balaban J connectivity index is 1.61. The fourth-order valence-corrected chi connectivity index (χ4v) is 6.39. The van der Waals surface area contributed by atoms with Gasteiger partial charge in [0.1, 0.15) is 4.83 Å². The zero-order valence-corrected chi connectivity index (χ0v) is 20.9. The average molecular weight is 484 g/mol. The molecule has 4 rings (SSSR count). The predicted molar refractivity (Wildman–Crippen MR) is 136 cm³/mol. The van der Waals surface area contributed by atoms with Gasteiger partial charge in [0.15, 0.2) is 10.9 Å². The Morgan fingerprint density at radius 1 is 1.24 bits per heavy atom. The van der Waals surface area contributed by atoms with E-state index in [0.29, 0.717) is 16.4 Å². The molecule has 2 heterocycles. The summed E-state index contributed by atoms with van der Waals surface area (Å²) < 4.78 is 1.77. The molecule has 0 saturated carbocycles. The number of hydrogen-bond acceptors (Lipinski definition) is 6. The van der Waals surface area contributed by atoms with Crippen LogP contribution in [0.3, 0.4) is 0 Å². The van der Waals surface area contributed by atoms with Crippen molar-refractivity contribution in [2.75, 3.05) is 11.1 Å². The van der Waals surface area contributed by atoms with Gasteiger partial charge >= 0.3 is 0 Å². The first-order valence-corrected chi connectivity index (χ1v) is 13.3. The molecule has 0 aliphatic heterocycles. The lowest BCUT2D eigenvalue weighted by molar-refractivity contribution is -0.113. The van der Waals surface area contributed by atoms with Gasteiger partial charge in [-0.3, -0.25) is 19.0 Å². The van der Waals surface area contributed by atoms with Gasteiger partial charge in [-0.1, -0.05) is 37.2 Å². The minimum atomic E-state index is -0.201. The van der Waals surface area contributed by atoms with Crippen molar-refractivity contribution >= 4 is 50.7 Å². The third kappa shape index (κ3) is 5.06. The van der Waals surface area contributed by atoms with Crippen LogP contribution in [0.2, 0.25) is 0 Å². The molecule has 1 amide bonds. The molecule has 1 aromatic carbocycles.